The maximum Gasteiger partial charge on any atom is 0.337 e. The molecule has 0 unspecified atom stereocenters. The summed E-state index contributed by atoms with van der Waals surface area (Å²) >= 11 is 6.63. The number of methoxy groups -OCH3 is 1. The van der Waals surface area contributed by atoms with Crippen molar-refractivity contribution in [3.8, 4) is 5.75 Å². The third-order valence-electron chi connectivity index (χ3n) is 9.59. The van der Waals surface area contributed by atoms with Crippen LogP contribution in [0.15, 0.2) is 103 Å². The molecule has 0 bridgehead atoms. The van der Waals surface area contributed by atoms with E-state index < -0.39 is 27.9 Å². The van der Waals surface area contributed by atoms with Crippen LogP contribution >= 0.6 is 11.6 Å². The van der Waals surface area contributed by atoms with Crippen LogP contribution in [0, 0.1) is 0 Å². The van der Waals surface area contributed by atoms with Crippen molar-refractivity contribution in [2.24, 2.45) is 5.73 Å². The molecule has 1 fully saturated rings. The lowest BCUT2D eigenvalue weighted by atomic mass is 9.97. The van der Waals surface area contributed by atoms with Gasteiger partial charge in [-0.3, -0.25) is 9.69 Å². The lowest BCUT2D eigenvalue weighted by molar-refractivity contribution is -0.122. The molecule has 1 saturated heterocycles. The minimum absolute atomic E-state index is 0.137. The molecule has 3 N–H and O–H groups in total. The highest BCUT2D eigenvalue weighted by atomic mass is 35.5. The number of ether oxygens (including phenoxy) is 2. The molecule has 0 spiro atoms. The van der Waals surface area contributed by atoms with Crippen LogP contribution < -0.4 is 15.2 Å². The van der Waals surface area contributed by atoms with E-state index >= 15 is 0 Å². The number of fused-ring (bicyclic) bond motifs is 1. The van der Waals surface area contributed by atoms with E-state index in [1.54, 1.807) is 24.3 Å². The minimum Gasteiger partial charge on any atom is -0.493 e. The van der Waals surface area contributed by atoms with Gasteiger partial charge in [0.25, 0.3) is 0 Å². The molecule has 4 aromatic carbocycles. The first kappa shape index (κ1) is 37.1. The van der Waals surface area contributed by atoms with Crippen molar-refractivity contribution in [3.63, 3.8) is 0 Å². The van der Waals surface area contributed by atoms with Crippen molar-refractivity contribution in [2.45, 2.75) is 37.8 Å². The van der Waals surface area contributed by atoms with Crippen molar-refractivity contribution >= 4 is 44.4 Å². The number of rotatable bonds is 16. The van der Waals surface area contributed by atoms with Crippen molar-refractivity contribution < 1.29 is 27.5 Å². The fraction of sp³-hybridized carbons (Fsp3) is 0.300. The van der Waals surface area contributed by atoms with Gasteiger partial charge < -0.3 is 19.8 Å². The molecule has 1 aromatic heterocycles. The molecule has 6 rings (SSSR count). The Labute approximate surface area is 309 Å². The van der Waals surface area contributed by atoms with Crippen LogP contribution in [-0.4, -0.2) is 74.9 Å². The van der Waals surface area contributed by atoms with Gasteiger partial charge in [0.1, 0.15) is 5.75 Å². The zero-order valence-electron chi connectivity index (χ0n) is 29.0. The molecule has 0 radical (unpaired) electrons. The molecule has 52 heavy (non-hydrogen) atoms. The van der Waals surface area contributed by atoms with Gasteiger partial charge in [-0.1, -0.05) is 72.3 Å². The summed E-state index contributed by atoms with van der Waals surface area (Å²) < 4.78 is 42.7. The predicted molar refractivity (Wildman–Crippen MR) is 203 cm³/mol. The van der Waals surface area contributed by atoms with Crippen LogP contribution in [0.3, 0.4) is 0 Å². The fourth-order valence-corrected chi connectivity index (χ4v) is 8.34. The van der Waals surface area contributed by atoms with Gasteiger partial charge in [-0.15, -0.1) is 0 Å². The van der Waals surface area contributed by atoms with Gasteiger partial charge in [-0.2, -0.15) is 0 Å². The number of nitrogens with two attached hydrogens (primary N) is 1. The zero-order valence-corrected chi connectivity index (χ0v) is 30.6. The van der Waals surface area contributed by atoms with Crippen LogP contribution in [0.1, 0.15) is 51.6 Å². The number of sulfonamides is 1. The average molecular weight is 743 g/mol. The molecule has 12 heteroatoms. The summed E-state index contributed by atoms with van der Waals surface area (Å²) in [7, 11) is -2.33. The molecule has 1 amide bonds. The first-order valence-electron chi connectivity index (χ1n) is 17.4. The molecule has 0 saturated carbocycles. The van der Waals surface area contributed by atoms with Crippen LogP contribution in [0.5, 0.6) is 5.75 Å². The van der Waals surface area contributed by atoms with Gasteiger partial charge in [0.05, 0.1) is 37.1 Å². The number of carbonyl (C=O) groups excluding carboxylic acids is 2. The number of nitrogens with zero attached hydrogens (tertiary/aromatic N) is 2. The van der Waals surface area contributed by atoms with Crippen molar-refractivity contribution in [2.75, 3.05) is 39.1 Å². The van der Waals surface area contributed by atoms with Crippen LogP contribution in [-0.2, 0) is 32.4 Å². The molecule has 10 nitrogen and oxygen atoms in total. The Kier molecular flexibility index (Phi) is 12.0. The van der Waals surface area contributed by atoms with Gasteiger partial charge in [0.15, 0.2) is 0 Å². The summed E-state index contributed by atoms with van der Waals surface area (Å²) in [6.45, 7) is 1.35. The van der Waals surface area contributed by atoms with Crippen LogP contribution in [0.25, 0.3) is 10.9 Å². The van der Waals surface area contributed by atoms with E-state index in [4.69, 9.17) is 26.8 Å². The number of nitrogens with one attached hydrogen (secondary N) is 1. The molecule has 1 aliphatic rings. The zero-order chi connectivity index (χ0) is 36.7. The summed E-state index contributed by atoms with van der Waals surface area (Å²) in [6, 6.07) is 32.4. The van der Waals surface area contributed by atoms with Gasteiger partial charge in [-0.05, 0) is 78.5 Å². The molecule has 1 atom stereocenters. The number of halogens is 1. The monoisotopic (exact) mass is 742 g/mol. The summed E-state index contributed by atoms with van der Waals surface area (Å²) in [5.74, 6) is -0.376. The van der Waals surface area contributed by atoms with Crippen molar-refractivity contribution in [1.29, 1.82) is 0 Å². The van der Waals surface area contributed by atoms with Gasteiger partial charge in [0.2, 0.25) is 15.9 Å². The number of likely N-dealkylation sites (tertiary alicyclic amines) is 1. The highest BCUT2D eigenvalue weighted by Crippen LogP contribution is 2.38. The standard InChI is InChI=1S/C40H43ClN4O6S/c1-50-40(47)30-14-17-32(18-15-30)51-25-21-33-34-27-31(41)16-19-35(34)45(38(28-9-4-2-5-10-28)29-11-6-3-7-12-29)36(33)20-22-43-52(48,49)26-24-44-23-8-13-37(44)39(42)46/h2-7,9-12,14-19,27,37-38,43H,8,13,20-26H2,1H3,(H2,42,46)/t37-/m0/s1. The number of amides is 1. The third kappa shape index (κ3) is 8.67. The number of hydrogen-bond acceptors (Lipinski definition) is 7. The van der Waals surface area contributed by atoms with Crippen LogP contribution in [0.4, 0.5) is 0 Å². The largest absolute Gasteiger partial charge is 0.493 e. The molecular formula is C40H43ClN4O6S. The predicted octanol–water partition coefficient (Wildman–Crippen LogP) is 5.75. The first-order chi connectivity index (χ1) is 25.1. The Morgan fingerprint density at radius 3 is 2.25 bits per heavy atom. The SMILES string of the molecule is COC(=O)c1ccc(OCCc2c(CCNS(=O)(=O)CCN3CCC[C@H]3C(N)=O)n(C(c3ccccc3)c3ccccc3)c3ccc(Cl)cc23)cc1. The summed E-state index contributed by atoms with van der Waals surface area (Å²) in [5, 5.41) is 1.54. The second-order valence-corrected chi connectivity index (χ2v) is 15.2. The normalized spacial score (nSPS) is 14.9. The van der Waals surface area contributed by atoms with E-state index in [0.29, 0.717) is 48.7 Å². The van der Waals surface area contributed by atoms with E-state index in [-0.39, 0.29) is 24.9 Å². The highest BCUT2D eigenvalue weighted by molar-refractivity contribution is 7.89. The van der Waals surface area contributed by atoms with E-state index in [1.165, 1.54) is 7.11 Å². The fourth-order valence-electron chi connectivity index (χ4n) is 7.14. The Balaban J connectivity index is 1.34. The maximum absolute atomic E-state index is 13.3. The Bertz CT molecular complexity index is 2070. The minimum atomic E-state index is -3.67. The average Bonchev–Trinajstić information content (AvgIpc) is 3.75. The smallest absolute Gasteiger partial charge is 0.337 e. The Hall–Kier alpha value is -4.68. The Morgan fingerprint density at radius 2 is 1.62 bits per heavy atom. The lowest BCUT2D eigenvalue weighted by Crippen LogP contribution is -2.43. The van der Waals surface area contributed by atoms with Gasteiger partial charge in [0, 0.05) is 47.6 Å². The number of hydrogen-bond donors (Lipinski definition) is 2. The first-order valence-corrected chi connectivity index (χ1v) is 19.4. The second kappa shape index (κ2) is 16.8. The third-order valence-corrected chi connectivity index (χ3v) is 11.2. The molecule has 1 aliphatic heterocycles. The second-order valence-electron chi connectivity index (χ2n) is 12.9. The van der Waals surface area contributed by atoms with E-state index in [0.717, 1.165) is 39.7 Å². The number of primary amides is 1. The number of esters is 1. The Morgan fingerprint density at radius 1 is 0.942 bits per heavy atom. The van der Waals surface area contributed by atoms with E-state index in [2.05, 4.69) is 33.6 Å². The molecule has 272 valence electrons. The molecule has 5 aromatic rings. The summed E-state index contributed by atoms with van der Waals surface area (Å²) in [4.78, 5) is 25.6. The topological polar surface area (TPSA) is 133 Å². The quantitative estimate of drug-likeness (QED) is 0.123. The lowest BCUT2D eigenvalue weighted by Gasteiger charge is -2.25. The van der Waals surface area contributed by atoms with Gasteiger partial charge in [-0.25, -0.2) is 17.9 Å². The number of benzene rings is 4. The van der Waals surface area contributed by atoms with E-state index in [9.17, 15) is 18.0 Å². The summed E-state index contributed by atoms with van der Waals surface area (Å²) in [5.41, 5.74) is 11.1. The molecular weight excluding hydrogens is 700 g/mol. The number of carbonyl (C=O) groups is 2. The number of aromatic nitrogens is 1. The van der Waals surface area contributed by atoms with Gasteiger partial charge >= 0.3 is 5.97 Å². The summed E-state index contributed by atoms with van der Waals surface area (Å²) in [6.07, 6.45) is 2.35. The van der Waals surface area contributed by atoms with Crippen molar-refractivity contribution in [1.82, 2.24) is 14.2 Å². The van der Waals surface area contributed by atoms with E-state index in [1.807, 2.05) is 59.5 Å². The van der Waals surface area contributed by atoms with Crippen LogP contribution in [0.2, 0.25) is 5.02 Å². The molecule has 0 aliphatic carbocycles. The molecule has 2 heterocycles. The van der Waals surface area contributed by atoms with Crippen molar-refractivity contribution in [3.05, 3.63) is 136 Å². The maximum atomic E-state index is 13.3. The highest BCUT2D eigenvalue weighted by Gasteiger charge is 2.30.